The first-order valence-corrected chi connectivity index (χ1v) is 13.1. The van der Waals surface area contributed by atoms with Crippen molar-refractivity contribution in [2.75, 3.05) is 50.8 Å². The number of aryl methyl sites for hydroxylation is 2. The lowest BCUT2D eigenvalue weighted by Gasteiger charge is -2.37. The molecule has 192 valence electrons. The zero-order chi connectivity index (χ0) is 25.5. The lowest BCUT2D eigenvalue weighted by Crippen LogP contribution is -2.49. The van der Waals surface area contributed by atoms with Crippen LogP contribution in [0.15, 0.2) is 54.6 Å². The molecule has 6 nitrogen and oxygen atoms in total. The molecule has 0 bridgehead atoms. The molecule has 0 spiro atoms. The van der Waals surface area contributed by atoms with Crippen molar-refractivity contribution in [3.8, 4) is 11.4 Å². The maximum absolute atomic E-state index is 10.4. The largest absolute Gasteiger partial charge is 0.389 e. The van der Waals surface area contributed by atoms with Crippen LogP contribution in [0.4, 0.5) is 5.82 Å². The van der Waals surface area contributed by atoms with Crippen LogP contribution in [0, 0.1) is 19.8 Å². The van der Waals surface area contributed by atoms with E-state index in [2.05, 4.69) is 73.9 Å². The predicted molar refractivity (Wildman–Crippen MR) is 147 cm³/mol. The van der Waals surface area contributed by atoms with Gasteiger partial charge >= 0.3 is 0 Å². The molecule has 0 saturated carbocycles. The molecule has 1 aromatic heterocycles. The van der Waals surface area contributed by atoms with Crippen LogP contribution in [0.1, 0.15) is 36.2 Å². The summed E-state index contributed by atoms with van der Waals surface area (Å²) in [5.41, 5.74) is 5.79. The highest BCUT2D eigenvalue weighted by Gasteiger charge is 2.24. The second-order valence-corrected chi connectivity index (χ2v) is 10.3. The topological polar surface area (TPSA) is 61.7 Å². The highest BCUT2D eigenvalue weighted by Crippen LogP contribution is 2.28. The normalized spacial score (nSPS) is 15.4. The first kappa shape index (κ1) is 26.3. The molecule has 1 aliphatic heterocycles. The predicted octanol–water partition coefficient (Wildman–Crippen LogP) is 4.51. The minimum atomic E-state index is -0.460. The van der Waals surface area contributed by atoms with Crippen LogP contribution in [0.25, 0.3) is 11.4 Å². The Hall–Kier alpha value is -2.80. The number of benzene rings is 2. The van der Waals surface area contributed by atoms with E-state index in [-0.39, 0.29) is 0 Å². The van der Waals surface area contributed by atoms with Gasteiger partial charge in [-0.3, -0.25) is 4.90 Å². The Balaban J connectivity index is 1.51. The molecule has 1 N–H and O–H groups in total. The Morgan fingerprint density at radius 3 is 2.36 bits per heavy atom. The van der Waals surface area contributed by atoms with Crippen molar-refractivity contribution in [2.45, 2.75) is 40.2 Å². The highest BCUT2D eigenvalue weighted by atomic mass is 16.5. The van der Waals surface area contributed by atoms with E-state index in [0.29, 0.717) is 25.7 Å². The third-order valence-corrected chi connectivity index (χ3v) is 6.59. The second-order valence-electron chi connectivity index (χ2n) is 10.3. The molecule has 0 aliphatic carbocycles. The van der Waals surface area contributed by atoms with Gasteiger partial charge in [-0.05, 0) is 25.3 Å². The van der Waals surface area contributed by atoms with E-state index in [9.17, 15) is 5.11 Å². The fraction of sp³-hybridized carbons (Fsp3) is 0.467. The summed E-state index contributed by atoms with van der Waals surface area (Å²) in [6, 6.07) is 18.9. The molecule has 4 rings (SSSR count). The van der Waals surface area contributed by atoms with Crippen LogP contribution in [0.5, 0.6) is 0 Å². The third-order valence-electron chi connectivity index (χ3n) is 6.59. The monoisotopic (exact) mass is 488 g/mol. The molecule has 0 unspecified atom stereocenters. The number of aliphatic hydroxyl groups excluding tert-OH is 1. The molecule has 1 fully saturated rings. The molecular weight excluding hydrogens is 448 g/mol. The first-order valence-electron chi connectivity index (χ1n) is 13.1. The van der Waals surface area contributed by atoms with Crippen LogP contribution >= 0.6 is 0 Å². The van der Waals surface area contributed by atoms with Crippen LogP contribution in [-0.4, -0.2) is 72.0 Å². The van der Waals surface area contributed by atoms with Gasteiger partial charge in [-0.25, -0.2) is 9.97 Å². The van der Waals surface area contributed by atoms with Gasteiger partial charge in [0, 0.05) is 62.6 Å². The van der Waals surface area contributed by atoms with E-state index in [4.69, 9.17) is 14.7 Å². The van der Waals surface area contributed by atoms with Crippen molar-refractivity contribution in [2.24, 2.45) is 5.92 Å². The maximum atomic E-state index is 10.4. The zero-order valence-electron chi connectivity index (χ0n) is 22.2. The Labute approximate surface area is 216 Å². The minimum absolute atomic E-state index is 0.393. The molecule has 0 radical (unpaired) electrons. The number of aromatic nitrogens is 2. The summed E-state index contributed by atoms with van der Waals surface area (Å²) in [4.78, 5) is 14.8. The fourth-order valence-electron chi connectivity index (χ4n) is 4.72. The zero-order valence-corrected chi connectivity index (χ0v) is 22.2. The van der Waals surface area contributed by atoms with Gasteiger partial charge in [-0.2, -0.15) is 0 Å². The van der Waals surface area contributed by atoms with Crippen LogP contribution in [0.2, 0.25) is 0 Å². The smallest absolute Gasteiger partial charge is 0.161 e. The van der Waals surface area contributed by atoms with Crippen LogP contribution in [0.3, 0.4) is 0 Å². The van der Waals surface area contributed by atoms with Gasteiger partial charge in [0.25, 0.3) is 0 Å². The number of nitrogens with zero attached hydrogens (tertiary/aromatic N) is 4. The molecule has 2 aromatic carbocycles. The van der Waals surface area contributed by atoms with Crippen molar-refractivity contribution in [1.82, 2.24) is 14.9 Å². The quantitative estimate of drug-likeness (QED) is 0.453. The van der Waals surface area contributed by atoms with Gasteiger partial charge in [0.1, 0.15) is 5.82 Å². The molecule has 3 aromatic rings. The van der Waals surface area contributed by atoms with Crippen LogP contribution in [-0.2, 0) is 11.2 Å². The number of ether oxygens (including phenoxy) is 1. The van der Waals surface area contributed by atoms with Gasteiger partial charge in [0.05, 0.1) is 12.7 Å². The van der Waals surface area contributed by atoms with Gasteiger partial charge in [0.15, 0.2) is 5.82 Å². The van der Waals surface area contributed by atoms with E-state index < -0.39 is 6.10 Å². The SMILES string of the molecule is Cc1cccc(Cc2c(C)nc(-c3ccccc3)nc2N2CCN(C[C@@H](O)COCC(C)C)CC2)c1. The third kappa shape index (κ3) is 7.12. The van der Waals surface area contributed by atoms with Crippen molar-refractivity contribution in [3.05, 3.63) is 77.0 Å². The lowest BCUT2D eigenvalue weighted by molar-refractivity contribution is 0.00745. The Bertz CT molecular complexity index is 1110. The minimum Gasteiger partial charge on any atom is -0.389 e. The Morgan fingerprint density at radius 1 is 0.917 bits per heavy atom. The first-order chi connectivity index (χ1) is 17.4. The van der Waals surface area contributed by atoms with E-state index in [1.807, 2.05) is 18.2 Å². The average Bonchev–Trinajstić information content (AvgIpc) is 2.86. The molecule has 1 atom stereocenters. The molecule has 36 heavy (non-hydrogen) atoms. The Kier molecular flexibility index (Phi) is 9.08. The van der Waals surface area contributed by atoms with Crippen molar-refractivity contribution < 1.29 is 9.84 Å². The summed E-state index contributed by atoms with van der Waals surface area (Å²) < 4.78 is 5.63. The van der Waals surface area contributed by atoms with Crippen LogP contribution < -0.4 is 4.90 Å². The number of piperazine rings is 1. The van der Waals surface area contributed by atoms with E-state index in [1.54, 1.807) is 0 Å². The molecular formula is C30H40N4O2. The lowest BCUT2D eigenvalue weighted by atomic mass is 10.0. The van der Waals surface area contributed by atoms with Crippen molar-refractivity contribution in [1.29, 1.82) is 0 Å². The van der Waals surface area contributed by atoms with Gasteiger partial charge in [-0.15, -0.1) is 0 Å². The van der Waals surface area contributed by atoms with Gasteiger partial charge < -0.3 is 14.7 Å². The number of hydrogen-bond acceptors (Lipinski definition) is 6. The second kappa shape index (κ2) is 12.4. The van der Waals surface area contributed by atoms with Gasteiger partial charge in [-0.1, -0.05) is 74.0 Å². The number of anilines is 1. The average molecular weight is 489 g/mol. The van der Waals surface area contributed by atoms with E-state index in [1.165, 1.54) is 16.7 Å². The van der Waals surface area contributed by atoms with E-state index in [0.717, 1.165) is 55.5 Å². The number of hydrogen-bond donors (Lipinski definition) is 1. The highest BCUT2D eigenvalue weighted by molar-refractivity contribution is 5.61. The Morgan fingerprint density at radius 2 is 1.67 bits per heavy atom. The number of rotatable bonds is 10. The summed E-state index contributed by atoms with van der Waals surface area (Å²) in [5.74, 6) is 2.28. The summed E-state index contributed by atoms with van der Waals surface area (Å²) in [6.07, 6.45) is 0.350. The fourth-order valence-corrected chi connectivity index (χ4v) is 4.72. The number of β-amino-alcohol motifs (C(OH)–C–C–N with tert-alkyl or cyclic N) is 1. The van der Waals surface area contributed by atoms with Gasteiger partial charge in [0.2, 0.25) is 0 Å². The summed E-state index contributed by atoms with van der Waals surface area (Å²) >= 11 is 0. The molecule has 2 heterocycles. The molecule has 1 saturated heterocycles. The standard InChI is InChI=1S/C30H40N4O2/c1-22(2)20-36-21-27(35)19-33-13-15-34(16-14-33)30-28(18-25-10-8-9-23(3)17-25)24(4)31-29(32-30)26-11-6-5-7-12-26/h5-12,17,22,27,35H,13-16,18-21H2,1-4H3/t27-/m1/s1. The summed E-state index contributed by atoms with van der Waals surface area (Å²) in [5, 5.41) is 10.4. The summed E-state index contributed by atoms with van der Waals surface area (Å²) in [7, 11) is 0. The van der Waals surface area contributed by atoms with Crippen molar-refractivity contribution in [3.63, 3.8) is 0 Å². The maximum Gasteiger partial charge on any atom is 0.161 e. The van der Waals surface area contributed by atoms with Crippen molar-refractivity contribution >= 4 is 5.82 Å². The molecule has 6 heteroatoms. The number of aliphatic hydroxyl groups is 1. The molecule has 0 amide bonds. The molecule has 1 aliphatic rings. The summed E-state index contributed by atoms with van der Waals surface area (Å²) in [6.45, 7) is 13.7. The van der Waals surface area contributed by atoms with E-state index >= 15 is 0 Å².